The molecule has 0 saturated carbocycles. The molecule has 142 valence electrons. The van der Waals surface area contributed by atoms with Crippen LogP contribution in [0, 0.1) is 0 Å². The summed E-state index contributed by atoms with van der Waals surface area (Å²) in [4.78, 5) is 23.0. The average molecular weight is 344 g/mol. The molecule has 0 aromatic rings. The van der Waals surface area contributed by atoms with E-state index in [0.29, 0.717) is 13.0 Å². The van der Waals surface area contributed by atoms with Crippen LogP contribution in [-0.2, 0) is 9.59 Å². The van der Waals surface area contributed by atoms with Crippen molar-refractivity contribution in [1.82, 2.24) is 16.0 Å². The lowest BCUT2D eigenvalue weighted by molar-refractivity contribution is -0.132. The Morgan fingerprint density at radius 3 is 1.62 bits per heavy atom. The van der Waals surface area contributed by atoms with Gasteiger partial charge >= 0.3 is 0 Å². The quantitative estimate of drug-likeness (QED) is 0.179. The molecular weight excluding hydrogens is 306 g/mol. The van der Waals surface area contributed by atoms with Crippen LogP contribution in [0.4, 0.5) is 0 Å². The van der Waals surface area contributed by atoms with Gasteiger partial charge in [0.25, 0.3) is 0 Å². The van der Waals surface area contributed by atoms with Gasteiger partial charge in [-0.3, -0.25) is 9.59 Å². The third kappa shape index (κ3) is 10.8. The molecule has 0 aliphatic carbocycles. The second kappa shape index (κ2) is 14.5. The van der Waals surface area contributed by atoms with E-state index in [9.17, 15) is 9.59 Å². The van der Waals surface area contributed by atoms with Gasteiger partial charge in [0, 0.05) is 0 Å². The predicted octanol–water partition coefficient (Wildman–Crippen LogP) is -0.460. The van der Waals surface area contributed by atoms with Gasteiger partial charge < -0.3 is 27.4 Å². The summed E-state index contributed by atoms with van der Waals surface area (Å²) in [6.45, 7) is 9.01. The molecule has 7 heteroatoms. The summed E-state index contributed by atoms with van der Waals surface area (Å²) in [5.74, 6) is -0.531. The standard InChI is InChI=1S/C17H37N5O2/c1-15(23)17(19,16(2)24)7-14-22-10-4-3-9-20-12-6-13-21-11-5-8-18/h20-22H,3-14,18-19H2,1-2H3. The van der Waals surface area contributed by atoms with Crippen LogP contribution in [0.5, 0.6) is 0 Å². The summed E-state index contributed by atoms with van der Waals surface area (Å²) in [5.41, 5.74) is 9.97. The first kappa shape index (κ1) is 23.1. The normalized spacial score (nSPS) is 11.7. The van der Waals surface area contributed by atoms with Crippen molar-refractivity contribution in [2.24, 2.45) is 11.5 Å². The van der Waals surface area contributed by atoms with Crippen LogP contribution in [-0.4, -0.2) is 62.9 Å². The highest BCUT2D eigenvalue weighted by molar-refractivity contribution is 6.09. The van der Waals surface area contributed by atoms with Gasteiger partial charge in [-0.05, 0) is 91.8 Å². The van der Waals surface area contributed by atoms with Crippen molar-refractivity contribution in [3.05, 3.63) is 0 Å². The molecule has 0 radical (unpaired) electrons. The summed E-state index contributed by atoms with van der Waals surface area (Å²) in [5, 5.41) is 10.0. The van der Waals surface area contributed by atoms with Crippen molar-refractivity contribution in [2.75, 3.05) is 45.8 Å². The predicted molar refractivity (Wildman–Crippen MR) is 99.0 cm³/mol. The second-order valence-corrected chi connectivity index (χ2v) is 6.29. The third-order valence-electron chi connectivity index (χ3n) is 4.17. The van der Waals surface area contributed by atoms with Crippen LogP contribution >= 0.6 is 0 Å². The molecule has 0 unspecified atom stereocenters. The first-order chi connectivity index (χ1) is 11.4. The van der Waals surface area contributed by atoms with Gasteiger partial charge in [0.1, 0.15) is 5.54 Å². The highest BCUT2D eigenvalue weighted by atomic mass is 16.2. The largest absolute Gasteiger partial charge is 0.330 e. The zero-order chi connectivity index (χ0) is 18.3. The number of nitrogens with one attached hydrogen (secondary N) is 3. The summed E-state index contributed by atoms with van der Waals surface area (Å²) in [7, 11) is 0. The van der Waals surface area contributed by atoms with Crippen molar-refractivity contribution in [3.8, 4) is 0 Å². The minimum absolute atomic E-state index is 0.265. The van der Waals surface area contributed by atoms with Gasteiger partial charge in [-0.15, -0.1) is 0 Å². The Hall–Kier alpha value is -0.860. The van der Waals surface area contributed by atoms with Crippen LogP contribution in [0.1, 0.15) is 46.0 Å². The van der Waals surface area contributed by atoms with Crippen LogP contribution in [0.3, 0.4) is 0 Å². The minimum atomic E-state index is -1.33. The minimum Gasteiger partial charge on any atom is -0.330 e. The van der Waals surface area contributed by atoms with Gasteiger partial charge in [-0.2, -0.15) is 0 Å². The number of hydrogen-bond donors (Lipinski definition) is 5. The van der Waals surface area contributed by atoms with E-state index in [1.165, 1.54) is 13.8 Å². The van der Waals surface area contributed by atoms with Gasteiger partial charge in [0.2, 0.25) is 0 Å². The van der Waals surface area contributed by atoms with Crippen LogP contribution in [0.25, 0.3) is 0 Å². The molecule has 0 rings (SSSR count). The molecule has 0 aliphatic heterocycles. The third-order valence-corrected chi connectivity index (χ3v) is 4.17. The van der Waals surface area contributed by atoms with Crippen molar-refractivity contribution < 1.29 is 9.59 Å². The summed E-state index contributed by atoms with van der Waals surface area (Å²) in [6, 6.07) is 0. The number of carbonyl (C=O) groups is 2. The monoisotopic (exact) mass is 343 g/mol. The van der Waals surface area contributed by atoms with Gasteiger partial charge in [-0.25, -0.2) is 0 Å². The van der Waals surface area contributed by atoms with Crippen molar-refractivity contribution in [2.45, 2.75) is 51.5 Å². The molecular formula is C17H37N5O2. The molecule has 0 fully saturated rings. The van der Waals surface area contributed by atoms with Crippen LogP contribution in [0.2, 0.25) is 0 Å². The Morgan fingerprint density at radius 2 is 1.17 bits per heavy atom. The molecule has 7 nitrogen and oxygen atoms in total. The smallest absolute Gasteiger partial charge is 0.157 e. The van der Waals surface area contributed by atoms with E-state index in [2.05, 4.69) is 16.0 Å². The molecule has 0 aliphatic rings. The molecule has 0 bridgehead atoms. The van der Waals surface area contributed by atoms with E-state index in [4.69, 9.17) is 11.5 Å². The molecule has 0 amide bonds. The number of hydrogen-bond acceptors (Lipinski definition) is 7. The van der Waals surface area contributed by atoms with Crippen LogP contribution < -0.4 is 27.4 Å². The summed E-state index contributed by atoms with van der Waals surface area (Å²) < 4.78 is 0. The first-order valence-corrected chi connectivity index (χ1v) is 9.08. The van der Waals surface area contributed by atoms with E-state index >= 15 is 0 Å². The number of nitrogens with two attached hydrogens (primary N) is 2. The fourth-order valence-electron chi connectivity index (χ4n) is 2.33. The molecule has 0 saturated heterocycles. The van der Waals surface area contributed by atoms with Gasteiger partial charge in [0.05, 0.1) is 0 Å². The first-order valence-electron chi connectivity index (χ1n) is 9.08. The van der Waals surface area contributed by atoms with Crippen molar-refractivity contribution >= 4 is 11.6 Å². The number of unbranched alkanes of at least 4 members (excludes halogenated alkanes) is 1. The lowest BCUT2D eigenvalue weighted by Gasteiger charge is -2.23. The van der Waals surface area contributed by atoms with E-state index in [0.717, 1.165) is 65.0 Å². The maximum atomic E-state index is 11.5. The summed E-state index contributed by atoms with van der Waals surface area (Å²) >= 11 is 0. The fourth-order valence-corrected chi connectivity index (χ4v) is 2.33. The van der Waals surface area contributed by atoms with Gasteiger partial charge in [0.15, 0.2) is 11.6 Å². The molecule has 0 heterocycles. The number of rotatable bonds is 17. The molecule has 0 aromatic carbocycles. The van der Waals surface area contributed by atoms with Crippen molar-refractivity contribution in [3.63, 3.8) is 0 Å². The molecule has 0 spiro atoms. The SMILES string of the molecule is CC(=O)C(N)(CCNCCCCNCCCNCCCN)C(C)=O. The summed E-state index contributed by atoms with van der Waals surface area (Å²) in [6.07, 6.45) is 4.66. The number of carbonyl (C=O) groups excluding carboxylic acids is 2. The molecule has 0 aromatic heterocycles. The number of ketones is 2. The number of Topliss-reactive ketones (excluding diaryl/α,β-unsaturated/α-hetero) is 2. The second-order valence-electron chi connectivity index (χ2n) is 6.29. The molecule has 24 heavy (non-hydrogen) atoms. The van der Waals surface area contributed by atoms with Gasteiger partial charge in [-0.1, -0.05) is 0 Å². The Kier molecular flexibility index (Phi) is 14.0. The molecule has 7 N–H and O–H groups in total. The lowest BCUT2D eigenvalue weighted by Crippen LogP contribution is -2.54. The Labute approximate surface area is 146 Å². The van der Waals surface area contributed by atoms with Crippen LogP contribution in [0.15, 0.2) is 0 Å². The van der Waals surface area contributed by atoms with E-state index in [1.54, 1.807) is 0 Å². The lowest BCUT2D eigenvalue weighted by atomic mass is 9.88. The molecule has 0 atom stereocenters. The van der Waals surface area contributed by atoms with Crippen molar-refractivity contribution in [1.29, 1.82) is 0 Å². The topological polar surface area (TPSA) is 122 Å². The average Bonchev–Trinajstić information content (AvgIpc) is 2.54. The Bertz CT molecular complexity index is 336. The maximum Gasteiger partial charge on any atom is 0.157 e. The van der Waals surface area contributed by atoms with E-state index < -0.39 is 5.54 Å². The zero-order valence-electron chi connectivity index (χ0n) is 15.5. The fraction of sp³-hybridized carbons (Fsp3) is 0.882. The Balaban J connectivity index is 3.40. The highest BCUT2D eigenvalue weighted by Crippen LogP contribution is 2.09. The maximum absolute atomic E-state index is 11.5. The highest BCUT2D eigenvalue weighted by Gasteiger charge is 2.35. The van der Waals surface area contributed by atoms with E-state index in [-0.39, 0.29) is 11.6 Å². The Morgan fingerprint density at radius 1 is 0.750 bits per heavy atom. The zero-order valence-corrected chi connectivity index (χ0v) is 15.5. The van der Waals surface area contributed by atoms with E-state index in [1.807, 2.05) is 0 Å².